The summed E-state index contributed by atoms with van der Waals surface area (Å²) in [6.07, 6.45) is 11.5. The number of aryl methyl sites for hydroxylation is 1. The number of benzene rings is 2. The fourth-order valence-corrected chi connectivity index (χ4v) is 4.57. The molecule has 2 heteroatoms. The summed E-state index contributed by atoms with van der Waals surface area (Å²) in [6.45, 7) is 0. The second-order valence-electron chi connectivity index (χ2n) is 6.89. The highest BCUT2D eigenvalue weighted by Gasteiger charge is 2.28. The Labute approximate surface area is 142 Å². The number of aromatic nitrogens is 2. The molecule has 0 saturated heterocycles. The highest BCUT2D eigenvalue weighted by molar-refractivity contribution is 5.75. The van der Waals surface area contributed by atoms with Gasteiger partial charge in [-0.25, -0.2) is 0 Å². The molecule has 1 unspecified atom stereocenters. The molecule has 2 aliphatic rings. The highest BCUT2D eigenvalue weighted by Crippen LogP contribution is 2.43. The Morgan fingerprint density at radius 2 is 1.79 bits per heavy atom. The van der Waals surface area contributed by atoms with Gasteiger partial charge in [0, 0.05) is 24.5 Å². The molecule has 0 spiro atoms. The van der Waals surface area contributed by atoms with Crippen LogP contribution in [0, 0.1) is 0 Å². The monoisotopic (exact) mass is 312 g/mol. The van der Waals surface area contributed by atoms with Crippen LogP contribution in [0.1, 0.15) is 46.7 Å². The molecule has 2 aromatic carbocycles. The van der Waals surface area contributed by atoms with Crippen molar-refractivity contribution in [3.63, 3.8) is 0 Å². The van der Waals surface area contributed by atoms with E-state index < -0.39 is 0 Å². The Balaban J connectivity index is 1.67. The summed E-state index contributed by atoms with van der Waals surface area (Å²) in [6, 6.07) is 13.6. The molecule has 0 saturated carbocycles. The van der Waals surface area contributed by atoms with E-state index in [1.807, 2.05) is 12.4 Å². The van der Waals surface area contributed by atoms with Gasteiger partial charge in [-0.2, -0.15) is 0 Å². The van der Waals surface area contributed by atoms with E-state index >= 15 is 0 Å². The fourth-order valence-electron chi connectivity index (χ4n) is 4.57. The van der Waals surface area contributed by atoms with Gasteiger partial charge in [-0.1, -0.05) is 36.4 Å². The van der Waals surface area contributed by atoms with Crippen molar-refractivity contribution < 1.29 is 0 Å². The van der Waals surface area contributed by atoms with E-state index in [1.165, 1.54) is 47.9 Å². The van der Waals surface area contributed by atoms with E-state index in [0.29, 0.717) is 5.92 Å². The molecule has 0 N–H and O–H groups in total. The molecule has 1 aromatic heterocycles. The lowest BCUT2D eigenvalue weighted by Crippen LogP contribution is -2.17. The zero-order valence-corrected chi connectivity index (χ0v) is 13.7. The quantitative estimate of drug-likeness (QED) is 0.650. The van der Waals surface area contributed by atoms with Crippen molar-refractivity contribution in [2.75, 3.05) is 0 Å². The van der Waals surface area contributed by atoms with Gasteiger partial charge in [0.05, 0.1) is 5.69 Å². The molecular weight excluding hydrogens is 292 g/mol. The van der Waals surface area contributed by atoms with Gasteiger partial charge < -0.3 is 0 Å². The number of hydrogen-bond donors (Lipinski definition) is 0. The summed E-state index contributed by atoms with van der Waals surface area (Å²) in [5.41, 5.74) is 10.2. The molecule has 0 bridgehead atoms. The van der Waals surface area contributed by atoms with Crippen molar-refractivity contribution in [2.45, 2.75) is 38.0 Å². The van der Waals surface area contributed by atoms with Crippen molar-refractivity contribution in [2.24, 2.45) is 0 Å². The number of nitrogens with zero attached hydrogens (tertiary/aromatic N) is 2. The summed E-state index contributed by atoms with van der Waals surface area (Å²) in [4.78, 5) is 8.87. The van der Waals surface area contributed by atoms with Gasteiger partial charge in [0.15, 0.2) is 0 Å². The SMILES string of the molecule is c1ccc2c(c1)CCc1c-2ccc2c1CCCC2c1cnccn1. The van der Waals surface area contributed by atoms with E-state index in [-0.39, 0.29) is 0 Å². The topological polar surface area (TPSA) is 25.8 Å². The van der Waals surface area contributed by atoms with Crippen molar-refractivity contribution >= 4 is 0 Å². The third-order valence-electron chi connectivity index (χ3n) is 5.65. The molecule has 1 atom stereocenters. The molecule has 118 valence electrons. The zero-order valence-electron chi connectivity index (χ0n) is 13.7. The van der Waals surface area contributed by atoms with Crippen molar-refractivity contribution in [1.29, 1.82) is 0 Å². The van der Waals surface area contributed by atoms with E-state index in [4.69, 9.17) is 0 Å². The van der Waals surface area contributed by atoms with Crippen LogP contribution in [0.5, 0.6) is 0 Å². The third kappa shape index (κ3) is 2.10. The van der Waals surface area contributed by atoms with Gasteiger partial charge in [0.1, 0.15) is 0 Å². The molecular formula is C22H20N2. The Morgan fingerprint density at radius 1 is 0.833 bits per heavy atom. The summed E-state index contributed by atoms with van der Waals surface area (Å²) < 4.78 is 0. The average molecular weight is 312 g/mol. The number of fused-ring (bicyclic) bond motifs is 5. The maximum absolute atomic E-state index is 4.59. The molecule has 5 rings (SSSR count). The van der Waals surface area contributed by atoms with Crippen LogP contribution in [-0.4, -0.2) is 9.97 Å². The molecule has 1 heterocycles. The zero-order chi connectivity index (χ0) is 15.9. The Hall–Kier alpha value is -2.48. The van der Waals surface area contributed by atoms with Gasteiger partial charge in [0.2, 0.25) is 0 Å². The summed E-state index contributed by atoms with van der Waals surface area (Å²) in [5, 5.41) is 0. The van der Waals surface area contributed by atoms with Gasteiger partial charge in [-0.15, -0.1) is 0 Å². The minimum Gasteiger partial charge on any atom is -0.261 e. The third-order valence-corrected chi connectivity index (χ3v) is 5.65. The smallest absolute Gasteiger partial charge is 0.0661 e. The van der Waals surface area contributed by atoms with Crippen LogP contribution in [-0.2, 0) is 19.3 Å². The second kappa shape index (κ2) is 5.55. The van der Waals surface area contributed by atoms with E-state index in [2.05, 4.69) is 46.4 Å². The molecule has 0 fully saturated rings. The maximum atomic E-state index is 4.59. The second-order valence-corrected chi connectivity index (χ2v) is 6.89. The molecule has 0 aliphatic heterocycles. The lowest BCUT2D eigenvalue weighted by Gasteiger charge is -2.30. The van der Waals surface area contributed by atoms with E-state index in [1.54, 1.807) is 17.3 Å². The van der Waals surface area contributed by atoms with Crippen molar-refractivity contribution in [3.8, 4) is 11.1 Å². The predicted octanol–water partition coefficient (Wildman–Crippen LogP) is 4.71. The van der Waals surface area contributed by atoms with Gasteiger partial charge in [-0.3, -0.25) is 9.97 Å². The fraction of sp³-hybridized carbons (Fsp3) is 0.273. The Morgan fingerprint density at radius 3 is 2.71 bits per heavy atom. The maximum Gasteiger partial charge on any atom is 0.0661 e. The highest BCUT2D eigenvalue weighted by atomic mass is 14.8. The lowest BCUT2D eigenvalue weighted by atomic mass is 9.74. The standard InChI is InChI=1S/C22H20N2/c1-2-5-16-15(4-1)8-9-19-17-6-3-7-21(20(17)11-10-18(16)19)22-14-23-12-13-24-22/h1-2,4-5,10-14,21H,3,6-9H2. The van der Waals surface area contributed by atoms with Gasteiger partial charge >= 0.3 is 0 Å². The minimum absolute atomic E-state index is 0.407. The van der Waals surface area contributed by atoms with E-state index in [0.717, 1.165) is 12.1 Å². The van der Waals surface area contributed by atoms with Gasteiger partial charge in [-0.05, 0) is 65.5 Å². The van der Waals surface area contributed by atoms with Crippen LogP contribution < -0.4 is 0 Å². The summed E-state index contributed by atoms with van der Waals surface area (Å²) in [5.74, 6) is 0.407. The summed E-state index contributed by atoms with van der Waals surface area (Å²) >= 11 is 0. The Bertz CT molecular complexity index is 899. The van der Waals surface area contributed by atoms with Crippen LogP contribution in [0.25, 0.3) is 11.1 Å². The number of rotatable bonds is 1. The van der Waals surface area contributed by atoms with Crippen LogP contribution >= 0.6 is 0 Å². The normalized spacial score (nSPS) is 18.4. The molecule has 2 nitrogen and oxygen atoms in total. The largest absolute Gasteiger partial charge is 0.261 e. The number of hydrogen-bond acceptors (Lipinski definition) is 2. The molecule has 0 radical (unpaired) electrons. The van der Waals surface area contributed by atoms with Crippen LogP contribution in [0.2, 0.25) is 0 Å². The lowest BCUT2D eigenvalue weighted by molar-refractivity contribution is 0.597. The van der Waals surface area contributed by atoms with Crippen molar-refractivity contribution in [1.82, 2.24) is 9.97 Å². The Kier molecular flexibility index (Phi) is 3.22. The first-order valence-electron chi connectivity index (χ1n) is 8.90. The van der Waals surface area contributed by atoms with Crippen LogP contribution in [0.15, 0.2) is 55.0 Å². The first kappa shape index (κ1) is 13.9. The van der Waals surface area contributed by atoms with E-state index in [9.17, 15) is 0 Å². The molecule has 24 heavy (non-hydrogen) atoms. The first-order valence-corrected chi connectivity index (χ1v) is 8.90. The molecule has 2 aliphatic carbocycles. The minimum atomic E-state index is 0.407. The van der Waals surface area contributed by atoms with Crippen molar-refractivity contribution in [3.05, 3.63) is 82.9 Å². The predicted molar refractivity (Wildman–Crippen MR) is 96.1 cm³/mol. The molecule has 0 amide bonds. The summed E-state index contributed by atoms with van der Waals surface area (Å²) in [7, 11) is 0. The first-order chi connectivity index (χ1) is 11.9. The molecule has 3 aromatic rings. The van der Waals surface area contributed by atoms with Gasteiger partial charge in [0.25, 0.3) is 0 Å². The van der Waals surface area contributed by atoms with Crippen LogP contribution in [0.3, 0.4) is 0 Å². The van der Waals surface area contributed by atoms with Crippen LogP contribution in [0.4, 0.5) is 0 Å². The average Bonchev–Trinajstić information content (AvgIpc) is 2.67.